The number of rotatable bonds is 4. The highest BCUT2D eigenvalue weighted by Gasteiger charge is 2.38. The third-order valence-electron chi connectivity index (χ3n) is 4.48. The topological polar surface area (TPSA) is 20.3 Å². The third kappa shape index (κ3) is 2.38. The van der Waals surface area contributed by atoms with E-state index in [-0.39, 0.29) is 5.92 Å². The molecule has 1 fully saturated rings. The number of alkyl halides is 1. The summed E-state index contributed by atoms with van der Waals surface area (Å²) in [6.07, 6.45) is 5.29. The van der Waals surface area contributed by atoms with Crippen LogP contribution in [0.3, 0.4) is 0 Å². The Balaban J connectivity index is 1.68. The molecule has 0 aromatic heterocycles. The number of hydrogen-bond acceptors (Lipinski definition) is 1. The van der Waals surface area contributed by atoms with Gasteiger partial charge in [-0.1, -0.05) is 24.3 Å². The zero-order chi connectivity index (χ0) is 13.2. The molecule has 1 aliphatic heterocycles. The van der Waals surface area contributed by atoms with E-state index in [2.05, 4.69) is 23.1 Å². The fourth-order valence-electron chi connectivity index (χ4n) is 3.42. The first-order chi connectivity index (χ1) is 9.31. The summed E-state index contributed by atoms with van der Waals surface area (Å²) in [5, 5.41) is 0. The second kappa shape index (κ2) is 5.54. The fraction of sp³-hybridized carbons (Fsp3) is 0.562. The van der Waals surface area contributed by atoms with Crippen molar-refractivity contribution in [3.8, 4) is 0 Å². The van der Waals surface area contributed by atoms with Gasteiger partial charge in [-0.25, -0.2) is 0 Å². The van der Waals surface area contributed by atoms with Crippen molar-refractivity contribution in [2.24, 2.45) is 0 Å². The van der Waals surface area contributed by atoms with Crippen molar-refractivity contribution in [2.75, 3.05) is 12.4 Å². The van der Waals surface area contributed by atoms with Gasteiger partial charge in [0.1, 0.15) is 0 Å². The van der Waals surface area contributed by atoms with E-state index < -0.39 is 0 Å². The maximum atomic E-state index is 12.7. The van der Waals surface area contributed by atoms with Crippen molar-refractivity contribution < 1.29 is 4.79 Å². The van der Waals surface area contributed by atoms with Crippen LogP contribution in [0.25, 0.3) is 0 Å². The summed E-state index contributed by atoms with van der Waals surface area (Å²) < 4.78 is 0. The van der Waals surface area contributed by atoms with E-state index in [1.54, 1.807) is 0 Å². The summed E-state index contributed by atoms with van der Waals surface area (Å²) in [7, 11) is 0. The minimum atomic E-state index is 0.118. The molecule has 1 aromatic carbocycles. The molecule has 2 atom stereocenters. The molecular weight excluding hydrogens is 258 g/mol. The maximum Gasteiger partial charge on any atom is 0.230 e. The average Bonchev–Trinajstić information content (AvgIpc) is 2.86. The van der Waals surface area contributed by atoms with Gasteiger partial charge in [0.2, 0.25) is 5.91 Å². The van der Waals surface area contributed by atoms with Crippen LogP contribution >= 0.6 is 11.6 Å². The molecule has 0 bridgehead atoms. The lowest BCUT2D eigenvalue weighted by atomic mass is 9.76. The van der Waals surface area contributed by atoms with E-state index >= 15 is 0 Å². The molecule has 1 heterocycles. The molecule has 0 radical (unpaired) electrons. The number of amides is 1. The normalized spacial score (nSPS) is 25.0. The van der Waals surface area contributed by atoms with Gasteiger partial charge in [0, 0.05) is 18.5 Å². The van der Waals surface area contributed by atoms with Gasteiger partial charge in [-0.15, -0.1) is 11.6 Å². The van der Waals surface area contributed by atoms with E-state index in [1.807, 2.05) is 6.07 Å². The zero-order valence-corrected chi connectivity index (χ0v) is 11.9. The first kappa shape index (κ1) is 13.0. The molecule has 19 heavy (non-hydrogen) atoms. The molecule has 1 amide bonds. The quantitative estimate of drug-likeness (QED) is 0.773. The summed E-state index contributed by atoms with van der Waals surface area (Å²) in [6, 6.07) is 8.75. The van der Waals surface area contributed by atoms with E-state index in [0.29, 0.717) is 17.8 Å². The number of halogens is 1. The summed E-state index contributed by atoms with van der Waals surface area (Å²) in [5.74, 6) is 1.16. The first-order valence-electron chi connectivity index (χ1n) is 7.25. The summed E-state index contributed by atoms with van der Waals surface area (Å²) in [6.45, 7) is 0.935. The van der Waals surface area contributed by atoms with Crippen molar-refractivity contribution in [2.45, 2.75) is 44.1 Å². The third-order valence-corrected chi connectivity index (χ3v) is 4.75. The largest absolute Gasteiger partial charge is 0.339 e. The van der Waals surface area contributed by atoms with Crippen molar-refractivity contribution in [3.63, 3.8) is 0 Å². The molecule has 2 unspecified atom stereocenters. The molecule has 3 rings (SSSR count). The minimum absolute atomic E-state index is 0.118. The molecule has 102 valence electrons. The molecule has 0 saturated carbocycles. The number of carbonyl (C=O) groups excluding carboxylic acids is 1. The lowest BCUT2D eigenvalue weighted by Gasteiger charge is -2.35. The van der Waals surface area contributed by atoms with Gasteiger partial charge < -0.3 is 4.90 Å². The highest BCUT2D eigenvalue weighted by molar-refractivity contribution is 6.17. The van der Waals surface area contributed by atoms with E-state index in [4.69, 9.17) is 11.6 Å². The van der Waals surface area contributed by atoms with Crippen molar-refractivity contribution in [3.05, 3.63) is 35.4 Å². The second-order valence-electron chi connectivity index (χ2n) is 5.61. The molecule has 1 saturated heterocycles. The van der Waals surface area contributed by atoms with E-state index in [1.165, 1.54) is 11.1 Å². The lowest BCUT2D eigenvalue weighted by Crippen LogP contribution is -2.42. The molecule has 0 N–H and O–H groups in total. The van der Waals surface area contributed by atoms with Gasteiger partial charge in [0.25, 0.3) is 0 Å². The Morgan fingerprint density at radius 3 is 3.00 bits per heavy atom. The van der Waals surface area contributed by atoms with E-state index in [0.717, 1.165) is 38.6 Å². The number of carbonyl (C=O) groups is 1. The van der Waals surface area contributed by atoms with Gasteiger partial charge in [0.05, 0.1) is 5.92 Å². The van der Waals surface area contributed by atoms with Crippen molar-refractivity contribution in [1.82, 2.24) is 4.90 Å². The maximum absolute atomic E-state index is 12.7. The molecule has 3 heteroatoms. The Hall–Kier alpha value is -1.02. The number of benzene rings is 1. The van der Waals surface area contributed by atoms with Crippen LogP contribution in [0.2, 0.25) is 0 Å². The summed E-state index contributed by atoms with van der Waals surface area (Å²) >= 11 is 5.77. The van der Waals surface area contributed by atoms with Gasteiger partial charge in [-0.3, -0.25) is 4.79 Å². The SMILES string of the molecule is O=C(C1Cc2ccccc21)N1CCCC1CCCCl. The van der Waals surface area contributed by atoms with Crippen LogP contribution in [0.1, 0.15) is 42.7 Å². The van der Waals surface area contributed by atoms with Gasteiger partial charge in [-0.2, -0.15) is 0 Å². The smallest absolute Gasteiger partial charge is 0.230 e. The van der Waals surface area contributed by atoms with Crippen LogP contribution in [0, 0.1) is 0 Å². The predicted octanol–water partition coefficient (Wildman–Crippen LogP) is 3.34. The Morgan fingerprint density at radius 1 is 1.37 bits per heavy atom. The van der Waals surface area contributed by atoms with Crippen LogP contribution in [0.4, 0.5) is 0 Å². The number of likely N-dealkylation sites (tertiary alicyclic amines) is 1. The Labute approximate surface area is 119 Å². The molecule has 2 aliphatic rings. The average molecular weight is 278 g/mol. The molecule has 1 aromatic rings. The van der Waals surface area contributed by atoms with Crippen LogP contribution in [-0.4, -0.2) is 29.3 Å². The number of fused-ring (bicyclic) bond motifs is 1. The highest BCUT2D eigenvalue weighted by atomic mass is 35.5. The molecule has 1 aliphatic carbocycles. The Bertz CT molecular complexity index is 474. The molecule has 2 nitrogen and oxygen atoms in total. The van der Waals surface area contributed by atoms with Crippen molar-refractivity contribution >= 4 is 17.5 Å². The van der Waals surface area contributed by atoms with Crippen LogP contribution in [-0.2, 0) is 11.2 Å². The second-order valence-corrected chi connectivity index (χ2v) is 5.99. The predicted molar refractivity (Wildman–Crippen MR) is 77.6 cm³/mol. The van der Waals surface area contributed by atoms with Crippen molar-refractivity contribution in [1.29, 1.82) is 0 Å². The fourth-order valence-corrected chi connectivity index (χ4v) is 3.57. The number of hydrogen-bond donors (Lipinski definition) is 0. The number of nitrogens with zero attached hydrogens (tertiary/aromatic N) is 1. The Kier molecular flexibility index (Phi) is 3.79. The van der Waals surface area contributed by atoms with Gasteiger partial charge in [-0.05, 0) is 43.2 Å². The molecular formula is C16H20ClNO. The Morgan fingerprint density at radius 2 is 2.21 bits per heavy atom. The zero-order valence-electron chi connectivity index (χ0n) is 11.1. The van der Waals surface area contributed by atoms with Crippen LogP contribution < -0.4 is 0 Å². The van der Waals surface area contributed by atoms with Crippen LogP contribution in [0.15, 0.2) is 24.3 Å². The summed E-state index contributed by atoms with van der Waals surface area (Å²) in [5.41, 5.74) is 2.59. The minimum Gasteiger partial charge on any atom is -0.339 e. The standard InChI is InChI=1S/C16H20ClNO/c17-9-3-6-13-7-4-10-18(13)16(19)15-11-12-5-1-2-8-14(12)15/h1-2,5,8,13,15H,3-4,6-7,9-11H2. The first-order valence-corrected chi connectivity index (χ1v) is 7.79. The van der Waals surface area contributed by atoms with Gasteiger partial charge in [0.15, 0.2) is 0 Å². The lowest BCUT2D eigenvalue weighted by molar-refractivity contribution is -0.134. The molecule has 0 spiro atoms. The van der Waals surface area contributed by atoms with Crippen LogP contribution in [0.5, 0.6) is 0 Å². The monoisotopic (exact) mass is 277 g/mol. The highest BCUT2D eigenvalue weighted by Crippen LogP contribution is 2.38. The van der Waals surface area contributed by atoms with E-state index in [9.17, 15) is 4.79 Å². The van der Waals surface area contributed by atoms with Gasteiger partial charge >= 0.3 is 0 Å². The summed E-state index contributed by atoms with van der Waals surface area (Å²) in [4.78, 5) is 14.8.